The van der Waals surface area contributed by atoms with Gasteiger partial charge in [-0.3, -0.25) is 9.59 Å². The molecule has 1 saturated heterocycles. The SMILES string of the molecule is COC(=O)C1CCN(C(=O)COC(=O)/C=C/c2ccccc2Br)CC1. The Balaban J connectivity index is 1.76. The molecule has 0 N–H and O–H groups in total. The fraction of sp³-hybridized carbons (Fsp3) is 0.389. The van der Waals surface area contributed by atoms with E-state index in [1.54, 1.807) is 11.0 Å². The number of ether oxygens (including phenoxy) is 2. The number of methoxy groups -OCH3 is 1. The zero-order valence-electron chi connectivity index (χ0n) is 13.9. The second-order valence-electron chi connectivity index (χ2n) is 5.64. The van der Waals surface area contributed by atoms with Crippen molar-refractivity contribution in [3.8, 4) is 0 Å². The van der Waals surface area contributed by atoms with E-state index >= 15 is 0 Å². The zero-order chi connectivity index (χ0) is 18.2. The van der Waals surface area contributed by atoms with Gasteiger partial charge in [-0.1, -0.05) is 34.1 Å². The molecule has 0 spiro atoms. The Bertz CT molecular complexity index is 665. The summed E-state index contributed by atoms with van der Waals surface area (Å²) in [5, 5.41) is 0. The molecule has 1 aromatic carbocycles. The van der Waals surface area contributed by atoms with E-state index in [4.69, 9.17) is 9.47 Å². The summed E-state index contributed by atoms with van der Waals surface area (Å²) in [6.45, 7) is 0.619. The smallest absolute Gasteiger partial charge is 0.331 e. The monoisotopic (exact) mass is 409 g/mol. The lowest BCUT2D eigenvalue weighted by Crippen LogP contribution is -2.42. The van der Waals surface area contributed by atoms with Crippen molar-refractivity contribution in [3.63, 3.8) is 0 Å². The van der Waals surface area contributed by atoms with Crippen LogP contribution in [0.2, 0.25) is 0 Å². The fourth-order valence-corrected chi connectivity index (χ4v) is 2.99. The number of esters is 2. The summed E-state index contributed by atoms with van der Waals surface area (Å²) in [4.78, 5) is 36.9. The van der Waals surface area contributed by atoms with E-state index in [1.165, 1.54) is 13.2 Å². The summed E-state index contributed by atoms with van der Waals surface area (Å²) in [6, 6.07) is 7.45. The quantitative estimate of drug-likeness (QED) is 0.551. The van der Waals surface area contributed by atoms with Gasteiger partial charge in [0.05, 0.1) is 13.0 Å². The average molecular weight is 410 g/mol. The van der Waals surface area contributed by atoms with E-state index in [2.05, 4.69) is 15.9 Å². The van der Waals surface area contributed by atoms with Gasteiger partial charge < -0.3 is 14.4 Å². The van der Waals surface area contributed by atoms with Gasteiger partial charge >= 0.3 is 11.9 Å². The topological polar surface area (TPSA) is 72.9 Å². The molecule has 0 unspecified atom stereocenters. The number of carbonyl (C=O) groups excluding carboxylic acids is 3. The summed E-state index contributed by atoms with van der Waals surface area (Å²) < 4.78 is 10.6. The highest BCUT2D eigenvalue weighted by atomic mass is 79.9. The van der Waals surface area contributed by atoms with Crippen LogP contribution in [0.4, 0.5) is 0 Å². The van der Waals surface area contributed by atoms with Crippen LogP contribution in [0.5, 0.6) is 0 Å². The van der Waals surface area contributed by atoms with Gasteiger partial charge in [-0.2, -0.15) is 0 Å². The standard InChI is InChI=1S/C18H20BrNO5/c1-24-18(23)14-8-10-20(11-9-14)16(21)12-25-17(22)7-6-13-4-2-3-5-15(13)19/h2-7,14H,8-12H2,1H3/b7-6+. The number of hydrogen-bond acceptors (Lipinski definition) is 5. The normalized spacial score (nSPS) is 15.2. The number of hydrogen-bond donors (Lipinski definition) is 0. The number of amides is 1. The van der Waals surface area contributed by atoms with Gasteiger partial charge in [0.1, 0.15) is 0 Å². The minimum Gasteiger partial charge on any atom is -0.469 e. The van der Waals surface area contributed by atoms with Gasteiger partial charge in [-0.15, -0.1) is 0 Å². The maximum absolute atomic E-state index is 12.1. The number of likely N-dealkylation sites (tertiary alicyclic amines) is 1. The number of halogens is 1. The second kappa shape index (κ2) is 9.36. The van der Waals surface area contributed by atoms with Crippen LogP contribution in [-0.4, -0.2) is 49.6 Å². The third-order valence-corrected chi connectivity index (χ3v) is 4.75. The molecule has 25 heavy (non-hydrogen) atoms. The molecule has 0 radical (unpaired) electrons. The Morgan fingerprint density at radius 3 is 2.56 bits per heavy atom. The number of benzene rings is 1. The maximum Gasteiger partial charge on any atom is 0.331 e. The highest BCUT2D eigenvalue weighted by molar-refractivity contribution is 9.10. The molecule has 0 aliphatic carbocycles. The predicted octanol–water partition coefficient (Wildman–Crippen LogP) is 2.42. The molecule has 1 aromatic rings. The number of piperidine rings is 1. The lowest BCUT2D eigenvalue weighted by molar-refractivity contribution is -0.151. The van der Waals surface area contributed by atoms with Crippen molar-refractivity contribution in [1.82, 2.24) is 4.90 Å². The van der Waals surface area contributed by atoms with E-state index in [0.29, 0.717) is 25.9 Å². The Labute approximate surface area is 154 Å². The first-order chi connectivity index (χ1) is 12.0. The molecule has 1 amide bonds. The van der Waals surface area contributed by atoms with E-state index in [0.717, 1.165) is 10.0 Å². The van der Waals surface area contributed by atoms with Crippen molar-refractivity contribution in [2.45, 2.75) is 12.8 Å². The minimum atomic E-state index is -0.575. The molecule has 1 aliphatic heterocycles. The molecular weight excluding hydrogens is 390 g/mol. The molecular formula is C18H20BrNO5. The van der Waals surface area contributed by atoms with Crippen LogP contribution in [0.15, 0.2) is 34.8 Å². The van der Waals surface area contributed by atoms with Crippen LogP contribution < -0.4 is 0 Å². The molecule has 0 aromatic heterocycles. The Morgan fingerprint density at radius 2 is 1.92 bits per heavy atom. The van der Waals surface area contributed by atoms with Crippen molar-refractivity contribution in [2.75, 3.05) is 26.8 Å². The van der Waals surface area contributed by atoms with Gasteiger partial charge in [0, 0.05) is 23.6 Å². The molecule has 1 fully saturated rings. The molecule has 2 rings (SSSR count). The van der Waals surface area contributed by atoms with Crippen molar-refractivity contribution < 1.29 is 23.9 Å². The molecule has 134 valence electrons. The summed E-state index contributed by atoms with van der Waals surface area (Å²) in [6.07, 6.45) is 4.04. The summed E-state index contributed by atoms with van der Waals surface area (Å²) in [5.74, 6) is -1.24. The third-order valence-electron chi connectivity index (χ3n) is 4.02. The highest BCUT2D eigenvalue weighted by Crippen LogP contribution is 2.19. The molecule has 0 atom stereocenters. The van der Waals surface area contributed by atoms with Crippen LogP contribution in [0.3, 0.4) is 0 Å². The summed E-state index contributed by atoms with van der Waals surface area (Å²) >= 11 is 3.38. The lowest BCUT2D eigenvalue weighted by Gasteiger charge is -2.30. The number of nitrogens with zero attached hydrogens (tertiary/aromatic N) is 1. The average Bonchev–Trinajstić information content (AvgIpc) is 2.65. The van der Waals surface area contributed by atoms with Gasteiger partial charge in [0.15, 0.2) is 6.61 Å². The van der Waals surface area contributed by atoms with Crippen LogP contribution in [0.1, 0.15) is 18.4 Å². The molecule has 0 saturated carbocycles. The Morgan fingerprint density at radius 1 is 1.24 bits per heavy atom. The first-order valence-corrected chi connectivity index (χ1v) is 8.75. The van der Waals surface area contributed by atoms with Crippen molar-refractivity contribution in [3.05, 3.63) is 40.4 Å². The predicted molar refractivity (Wildman–Crippen MR) is 95.5 cm³/mol. The summed E-state index contributed by atoms with van der Waals surface area (Å²) in [5.41, 5.74) is 0.843. The second-order valence-corrected chi connectivity index (χ2v) is 6.50. The molecule has 6 nitrogen and oxygen atoms in total. The first kappa shape index (κ1) is 19.2. The van der Waals surface area contributed by atoms with Gasteiger partial charge in [-0.25, -0.2) is 4.79 Å². The number of carbonyl (C=O) groups is 3. The highest BCUT2D eigenvalue weighted by Gasteiger charge is 2.28. The Hall–Kier alpha value is -2.15. The van der Waals surface area contributed by atoms with Crippen LogP contribution >= 0.6 is 15.9 Å². The van der Waals surface area contributed by atoms with Crippen molar-refractivity contribution in [1.29, 1.82) is 0 Å². The van der Waals surface area contributed by atoms with Crippen LogP contribution in [-0.2, 0) is 23.9 Å². The van der Waals surface area contributed by atoms with Crippen molar-refractivity contribution >= 4 is 39.9 Å². The van der Waals surface area contributed by atoms with Gasteiger partial charge in [0.25, 0.3) is 5.91 Å². The van der Waals surface area contributed by atoms with E-state index < -0.39 is 5.97 Å². The maximum atomic E-state index is 12.1. The van der Waals surface area contributed by atoms with Crippen LogP contribution in [0.25, 0.3) is 6.08 Å². The fourth-order valence-electron chi connectivity index (χ4n) is 2.57. The largest absolute Gasteiger partial charge is 0.469 e. The number of rotatable bonds is 5. The van der Waals surface area contributed by atoms with Crippen molar-refractivity contribution in [2.24, 2.45) is 5.92 Å². The summed E-state index contributed by atoms with van der Waals surface area (Å²) in [7, 11) is 1.36. The lowest BCUT2D eigenvalue weighted by atomic mass is 9.97. The van der Waals surface area contributed by atoms with Gasteiger partial charge in [0.2, 0.25) is 0 Å². The molecule has 1 aliphatic rings. The van der Waals surface area contributed by atoms with E-state index in [-0.39, 0.29) is 24.4 Å². The molecule has 1 heterocycles. The minimum absolute atomic E-state index is 0.163. The molecule has 0 bridgehead atoms. The zero-order valence-corrected chi connectivity index (χ0v) is 15.5. The van der Waals surface area contributed by atoms with Crippen LogP contribution in [0, 0.1) is 5.92 Å². The van der Waals surface area contributed by atoms with E-state index in [1.807, 2.05) is 24.3 Å². The first-order valence-electron chi connectivity index (χ1n) is 7.96. The molecule has 7 heteroatoms. The van der Waals surface area contributed by atoms with Gasteiger partial charge in [-0.05, 0) is 30.5 Å². The Kier molecular flexibility index (Phi) is 7.18. The van der Waals surface area contributed by atoms with E-state index in [9.17, 15) is 14.4 Å². The third kappa shape index (κ3) is 5.70.